The second-order valence-electron chi connectivity index (χ2n) is 6.54. The lowest BCUT2D eigenvalue weighted by molar-refractivity contribution is -0.137. The average Bonchev–Trinajstić information content (AvgIpc) is 3.22. The minimum absolute atomic E-state index is 0.0289. The molecule has 1 aliphatic carbocycles. The summed E-state index contributed by atoms with van der Waals surface area (Å²) >= 11 is 0. The van der Waals surface area contributed by atoms with Gasteiger partial charge in [-0.25, -0.2) is 0 Å². The molecule has 22 heavy (non-hydrogen) atoms. The average molecular weight is 315 g/mol. The van der Waals surface area contributed by atoms with Gasteiger partial charge in [0.1, 0.15) is 0 Å². The van der Waals surface area contributed by atoms with Crippen molar-refractivity contribution in [3.8, 4) is 0 Å². The van der Waals surface area contributed by atoms with Gasteiger partial charge in [0.15, 0.2) is 0 Å². The summed E-state index contributed by atoms with van der Waals surface area (Å²) in [5, 5.41) is 12.8. The van der Waals surface area contributed by atoms with Gasteiger partial charge in [0, 0.05) is 6.04 Å². The van der Waals surface area contributed by atoms with E-state index in [1.165, 1.54) is 12.1 Å². The van der Waals surface area contributed by atoms with Crippen LogP contribution < -0.4 is 5.32 Å². The maximum Gasteiger partial charge on any atom is 0.416 e. The van der Waals surface area contributed by atoms with Crippen molar-refractivity contribution < 1.29 is 18.3 Å². The molecule has 2 rings (SSSR count). The first-order valence-electron chi connectivity index (χ1n) is 7.86. The SMILES string of the molecule is CC(O)CC(C)CNC(c1cccc(C(F)(F)F)c1)C1CC1. The molecule has 124 valence electrons. The van der Waals surface area contributed by atoms with Crippen LogP contribution in [0.5, 0.6) is 0 Å². The van der Waals surface area contributed by atoms with E-state index in [9.17, 15) is 18.3 Å². The van der Waals surface area contributed by atoms with Crippen LogP contribution in [0.3, 0.4) is 0 Å². The number of benzene rings is 1. The molecule has 0 aromatic heterocycles. The number of nitrogens with one attached hydrogen (secondary N) is 1. The van der Waals surface area contributed by atoms with Gasteiger partial charge in [-0.05, 0) is 62.3 Å². The van der Waals surface area contributed by atoms with Gasteiger partial charge in [-0.15, -0.1) is 0 Å². The molecule has 0 spiro atoms. The first-order chi connectivity index (χ1) is 10.3. The maximum atomic E-state index is 12.9. The van der Waals surface area contributed by atoms with E-state index in [4.69, 9.17) is 0 Å². The van der Waals surface area contributed by atoms with Crippen molar-refractivity contribution in [3.05, 3.63) is 35.4 Å². The molecule has 0 radical (unpaired) electrons. The predicted molar refractivity (Wildman–Crippen MR) is 80.4 cm³/mol. The number of hydrogen-bond acceptors (Lipinski definition) is 2. The first-order valence-corrected chi connectivity index (χ1v) is 7.86. The molecule has 5 heteroatoms. The number of alkyl halides is 3. The molecule has 0 heterocycles. The Kier molecular flexibility index (Phi) is 5.50. The van der Waals surface area contributed by atoms with Crippen LogP contribution in [0.25, 0.3) is 0 Å². The van der Waals surface area contributed by atoms with E-state index in [0.717, 1.165) is 18.9 Å². The Morgan fingerprint density at radius 3 is 2.50 bits per heavy atom. The fourth-order valence-corrected chi connectivity index (χ4v) is 2.89. The monoisotopic (exact) mass is 315 g/mol. The molecule has 1 fully saturated rings. The van der Waals surface area contributed by atoms with E-state index in [2.05, 4.69) is 5.32 Å². The molecular formula is C17H24F3NO. The van der Waals surface area contributed by atoms with Gasteiger partial charge in [0.05, 0.1) is 11.7 Å². The Hall–Kier alpha value is -1.07. The van der Waals surface area contributed by atoms with Crippen LogP contribution in [-0.2, 0) is 6.18 Å². The van der Waals surface area contributed by atoms with Crippen molar-refractivity contribution >= 4 is 0 Å². The Morgan fingerprint density at radius 2 is 1.95 bits per heavy atom. The summed E-state index contributed by atoms with van der Waals surface area (Å²) in [7, 11) is 0. The van der Waals surface area contributed by atoms with Crippen LogP contribution >= 0.6 is 0 Å². The number of aliphatic hydroxyl groups is 1. The number of aliphatic hydroxyl groups excluding tert-OH is 1. The molecule has 0 bridgehead atoms. The van der Waals surface area contributed by atoms with Crippen LogP contribution in [0, 0.1) is 11.8 Å². The lowest BCUT2D eigenvalue weighted by Gasteiger charge is -2.23. The van der Waals surface area contributed by atoms with Crippen LogP contribution in [-0.4, -0.2) is 17.8 Å². The third-order valence-corrected chi connectivity index (χ3v) is 4.10. The number of hydrogen-bond donors (Lipinski definition) is 2. The van der Waals surface area contributed by atoms with Crippen LogP contribution in [0.2, 0.25) is 0 Å². The van der Waals surface area contributed by atoms with Crippen molar-refractivity contribution in [2.75, 3.05) is 6.54 Å². The summed E-state index contributed by atoms with van der Waals surface area (Å²) in [5.41, 5.74) is 0.121. The van der Waals surface area contributed by atoms with Gasteiger partial charge >= 0.3 is 6.18 Å². The van der Waals surface area contributed by atoms with E-state index < -0.39 is 11.7 Å². The molecule has 1 saturated carbocycles. The van der Waals surface area contributed by atoms with Gasteiger partial charge in [-0.2, -0.15) is 13.2 Å². The van der Waals surface area contributed by atoms with Crippen molar-refractivity contribution in [3.63, 3.8) is 0 Å². The fourth-order valence-electron chi connectivity index (χ4n) is 2.89. The van der Waals surface area contributed by atoms with E-state index in [1.54, 1.807) is 13.0 Å². The van der Waals surface area contributed by atoms with Gasteiger partial charge in [0.25, 0.3) is 0 Å². The van der Waals surface area contributed by atoms with E-state index in [1.807, 2.05) is 6.92 Å². The minimum Gasteiger partial charge on any atom is -0.393 e. The van der Waals surface area contributed by atoms with Crippen molar-refractivity contribution in [1.82, 2.24) is 5.32 Å². The molecule has 2 N–H and O–H groups in total. The largest absolute Gasteiger partial charge is 0.416 e. The first kappa shape index (κ1) is 17.3. The number of halogens is 3. The van der Waals surface area contributed by atoms with Crippen molar-refractivity contribution in [2.24, 2.45) is 11.8 Å². The lowest BCUT2D eigenvalue weighted by Crippen LogP contribution is -2.29. The zero-order valence-corrected chi connectivity index (χ0v) is 13.0. The molecule has 0 saturated heterocycles. The normalized spacial score (nSPS) is 19.7. The summed E-state index contributed by atoms with van der Waals surface area (Å²) in [6.45, 7) is 4.49. The Labute approximate surface area is 129 Å². The lowest BCUT2D eigenvalue weighted by atomic mass is 9.98. The van der Waals surface area contributed by atoms with Crippen LogP contribution in [0.4, 0.5) is 13.2 Å². The van der Waals surface area contributed by atoms with E-state index >= 15 is 0 Å². The second kappa shape index (κ2) is 7.01. The Balaban J connectivity index is 2.05. The highest BCUT2D eigenvalue weighted by Gasteiger charge is 2.35. The summed E-state index contributed by atoms with van der Waals surface area (Å²) in [6.07, 6.45) is -1.86. The minimum atomic E-state index is -4.30. The molecule has 3 atom stereocenters. The molecule has 1 aromatic carbocycles. The highest BCUT2D eigenvalue weighted by Crippen LogP contribution is 2.42. The Bertz CT molecular complexity index is 483. The zero-order chi connectivity index (χ0) is 16.3. The van der Waals surface area contributed by atoms with E-state index in [0.29, 0.717) is 24.4 Å². The van der Waals surface area contributed by atoms with Crippen molar-refractivity contribution in [1.29, 1.82) is 0 Å². The van der Waals surface area contributed by atoms with Gasteiger partial charge in [-0.1, -0.05) is 19.1 Å². The van der Waals surface area contributed by atoms with E-state index in [-0.39, 0.29) is 18.1 Å². The van der Waals surface area contributed by atoms with Crippen LogP contribution in [0.1, 0.15) is 50.3 Å². The van der Waals surface area contributed by atoms with Gasteiger partial charge in [-0.3, -0.25) is 0 Å². The third kappa shape index (κ3) is 4.99. The molecule has 0 amide bonds. The molecule has 1 aromatic rings. The quantitative estimate of drug-likeness (QED) is 0.792. The zero-order valence-electron chi connectivity index (χ0n) is 13.0. The summed E-state index contributed by atoms with van der Waals surface area (Å²) in [4.78, 5) is 0. The fraction of sp³-hybridized carbons (Fsp3) is 0.647. The smallest absolute Gasteiger partial charge is 0.393 e. The topological polar surface area (TPSA) is 32.3 Å². The predicted octanol–water partition coefficient (Wildman–Crippen LogP) is 4.15. The summed E-state index contributed by atoms with van der Waals surface area (Å²) in [6, 6.07) is 5.59. The van der Waals surface area contributed by atoms with Crippen LogP contribution in [0.15, 0.2) is 24.3 Å². The second-order valence-corrected chi connectivity index (χ2v) is 6.54. The highest BCUT2D eigenvalue weighted by atomic mass is 19.4. The standard InChI is InChI=1S/C17H24F3NO/c1-11(8-12(2)22)10-21-16(13-6-7-13)14-4-3-5-15(9-14)17(18,19)20/h3-5,9,11-13,16,21-22H,6-8,10H2,1-2H3. The molecule has 3 unspecified atom stereocenters. The van der Waals surface area contributed by atoms with Gasteiger partial charge in [0.2, 0.25) is 0 Å². The van der Waals surface area contributed by atoms with Gasteiger partial charge < -0.3 is 10.4 Å². The molecule has 0 aliphatic heterocycles. The number of rotatable bonds is 7. The molecule has 2 nitrogen and oxygen atoms in total. The Morgan fingerprint density at radius 1 is 1.27 bits per heavy atom. The summed E-state index contributed by atoms with van der Waals surface area (Å²) in [5.74, 6) is 0.703. The maximum absolute atomic E-state index is 12.9. The third-order valence-electron chi connectivity index (χ3n) is 4.10. The summed E-state index contributed by atoms with van der Waals surface area (Å²) < 4.78 is 38.6. The van der Waals surface area contributed by atoms with Crippen molar-refractivity contribution in [2.45, 2.75) is 51.4 Å². The highest BCUT2D eigenvalue weighted by molar-refractivity contribution is 5.29. The molecular weight excluding hydrogens is 291 g/mol. The molecule has 1 aliphatic rings.